The molecule has 1 N–H and O–H groups in total. The second kappa shape index (κ2) is 6.39. The van der Waals surface area contributed by atoms with Crippen molar-refractivity contribution in [3.8, 4) is 0 Å². The zero-order valence-electron chi connectivity index (χ0n) is 13.4. The molecule has 1 heterocycles. The van der Waals surface area contributed by atoms with Gasteiger partial charge in [-0.25, -0.2) is 4.68 Å². The molecule has 4 rings (SSSR count). The number of carbonyl (C=O) groups excluding carboxylic acids is 1. The lowest BCUT2D eigenvalue weighted by Gasteiger charge is -2.12. The summed E-state index contributed by atoms with van der Waals surface area (Å²) in [5.41, 5.74) is 0.674. The number of tetrazole rings is 1. The fraction of sp³-hybridized carbons (Fsp3) is 0.333. The standard InChI is InChI=1S/C18H19N5O/c24-18(16-11-5-7-13-6-1-4-10-15(13)16)19-12-17-20-21-22-23(17)14-8-2-3-9-14/h1,4-7,10-11,14H,2-3,8-9,12H2,(H,19,24). The number of carbonyl (C=O) groups is 1. The minimum atomic E-state index is -0.104. The Morgan fingerprint density at radius 1 is 1.12 bits per heavy atom. The van der Waals surface area contributed by atoms with E-state index in [9.17, 15) is 4.79 Å². The van der Waals surface area contributed by atoms with Crippen LogP contribution in [-0.4, -0.2) is 26.1 Å². The van der Waals surface area contributed by atoms with Crippen LogP contribution in [0.3, 0.4) is 0 Å². The van der Waals surface area contributed by atoms with Crippen LogP contribution in [0.5, 0.6) is 0 Å². The summed E-state index contributed by atoms with van der Waals surface area (Å²) in [6.07, 6.45) is 4.64. The van der Waals surface area contributed by atoms with Crippen molar-refractivity contribution in [2.45, 2.75) is 38.3 Å². The summed E-state index contributed by atoms with van der Waals surface area (Å²) in [5, 5.41) is 16.9. The maximum Gasteiger partial charge on any atom is 0.252 e. The van der Waals surface area contributed by atoms with Crippen LogP contribution in [0.1, 0.15) is 47.9 Å². The van der Waals surface area contributed by atoms with E-state index in [2.05, 4.69) is 20.8 Å². The van der Waals surface area contributed by atoms with E-state index >= 15 is 0 Å². The van der Waals surface area contributed by atoms with Crippen LogP contribution >= 0.6 is 0 Å². The van der Waals surface area contributed by atoms with Gasteiger partial charge in [-0.15, -0.1) is 5.10 Å². The number of amides is 1. The Kier molecular flexibility index (Phi) is 3.94. The van der Waals surface area contributed by atoms with E-state index in [4.69, 9.17) is 0 Å². The quantitative estimate of drug-likeness (QED) is 0.802. The highest BCUT2D eigenvalue weighted by Crippen LogP contribution is 2.29. The van der Waals surface area contributed by atoms with Crippen molar-refractivity contribution in [3.05, 3.63) is 53.9 Å². The van der Waals surface area contributed by atoms with Crippen LogP contribution in [0.25, 0.3) is 10.8 Å². The zero-order chi connectivity index (χ0) is 16.4. The maximum absolute atomic E-state index is 12.6. The second-order valence-corrected chi connectivity index (χ2v) is 6.19. The van der Waals surface area contributed by atoms with Crippen LogP contribution in [0.4, 0.5) is 0 Å². The van der Waals surface area contributed by atoms with Gasteiger partial charge in [0.25, 0.3) is 5.91 Å². The number of nitrogens with one attached hydrogen (secondary N) is 1. The van der Waals surface area contributed by atoms with Crippen LogP contribution < -0.4 is 5.32 Å². The molecule has 1 fully saturated rings. The predicted octanol–water partition coefficient (Wildman–Crippen LogP) is 2.87. The molecule has 3 aromatic rings. The van der Waals surface area contributed by atoms with Crippen molar-refractivity contribution in [1.29, 1.82) is 0 Å². The number of benzene rings is 2. The molecule has 122 valence electrons. The van der Waals surface area contributed by atoms with Gasteiger partial charge < -0.3 is 5.32 Å². The predicted molar refractivity (Wildman–Crippen MR) is 90.4 cm³/mol. The molecule has 0 atom stereocenters. The molecule has 6 heteroatoms. The van der Waals surface area contributed by atoms with E-state index in [0.717, 1.165) is 29.4 Å². The molecular formula is C18H19N5O. The van der Waals surface area contributed by atoms with E-state index < -0.39 is 0 Å². The Bertz CT molecular complexity index is 861. The third kappa shape index (κ3) is 2.75. The normalized spacial score (nSPS) is 15.0. The molecule has 1 aliphatic rings. The molecule has 6 nitrogen and oxygen atoms in total. The molecule has 0 bridgehead atoms. The summed E-state index contributed by atoms with van der Waals surface area (Å²) in [6.45, 7) is 0.339. The van der Waals surface area contributed by atoms with Crippen LogP contribution in [0.2, 0.25) is 0 Å². The van der Waals surface area contributed by atoms with E-state index in [0.29, 0.717) is 18.2 Å². The molecule has 1 amide bonds. The van der Waals surface area contributed by atoms with Gasteiger partial charge in [-0.1, -0.05) is 49.2 Å². The number of rotatable bonds is 4. The summed E-state index contributed by atoms with van der Waals surface area (Å²) in [7, 11) is 0. The lowest BCUT2D eigenvalue weighted by atomic mass is 10.0. The SMILES string of the molecule is O=C(NCc1nnnn1C1CCCC1)c1cccc2ccccc12. The van der Waals surface area contributed by atoms with Gasteiger partial charge in [0, 0.05) is 5.56 Å². The molecule has 0 unspecified atom stereocenters. The molecule has 1 saturated carbocycles. The molecule has 1 aromatic heterocycles. The average molecular weight is 321 g/mol. The van der Waals surface area contributed by atoms with Gasteiger partial charge in [0.1, 0.15) is 0 Å². The maximum atomic E-state index is 12.6. The van der Waals surface area contributed by atoms with Crippen LogP contribution in [-0.2, 0) is 6.54 Å². The van der Waals surface area contributed by atoms with Crippen molar-refractivity contribution in [2.24, 2.45) is 0 Å². The van der Waals surface area contributed by atoms with E-state index in [1.165, 1.54) is 12.8 Å². The largest absolute Gasteiger partial charge is 0.345 e. The second-order valence-electron chi connectivity index (χ2n) is 6.19. The minimum Gasteiger partial charge on any atom is -0.345 e. The number of hydrogen-bond acceptors (Lipinski definition) is 4. The average Bonchev–Trinajstić information content (AvgIpc) is 3.30. The van der Waals surface area contributed by atoms with Crippen molar-refractivity contribution < 1.29 is 4.79 Å². The Balaban J connectivity index is 1.52. The first-order chi connectivity index (χ1) is 11.8. The topological polar surface area (TPSA) is 72.7 Å². The number of hydrogen-bond donors (Lipinski definition) is 1. The number of nitrogens with zero attached hydrogens (tertiary/aromatic N) is 4. The van der Waals surface area contributed by atoms with Gasteiger partial charge in [-0.2, -0.15) is 0 Å². The van der Waals surface area contributed by atoms with Crippen LogP contribution in [0, 0.1) is 0 Å². The van der Waals surface area contributed by atoms with Crippen molar-refractivity contribution in [1.82, 2.24) is 25.5 Å². The third-order valence-electron chi connectivity index (χ3n) is 4.67. The Labute approximate surface area is 139 Å². The third-order valence-corrected chi connectivity index (χ3v) is 4.67. The fourth-order valence-electron chi connectivity index (χ4n) is 3.44. The Hall–Kier alpha value is -2.76. The highest BCUT2D eigenvalue weighted by molar-refractivity contribution is 6.06. The monoisotopic (exact) mass is 321 g/mol. The van der Waals surface area contributed by atoms with E-state index in [-0.39, 0.29) is 5.91 Å². The molecule has 0 aliphatic heterocycles. The molecule has 1 aliphatic carbocycles. The summed E-state index contributed by atoms with van der Waals surface area (Å²) in [5.74, 6) is 0.614. The summed E-state index contributed by atoms with van der Waals surface area (Å²) in [4.78, 5) is 12.6. The van der Waals surface area contributed by atoms with Crippen molar-refractivity contribution >= 4 is 16.7 Å². The number of fused-ring (bicyclic) bond motifs is 1. The van der Waals surface area contributed by atoms with Gasteiger partial charge in [-0.3, -0.25) is 4.79 Å². The summed E-state index contributed by atoms with van der Waals surface area (Å²) in [6, 6.07) is 14.0. The van der Waals surface area contributed by atoms with E-state index in [1.54, 1.807) is 0 Å². The first-order valence-electron chi connectivity index (χ1n) is 8.35. The lowest BCUT2D eigenvalue weighted by molar-refractivity contribution is 0.0950. The van der Waals surface area contributed by atoms with Crippen molar-refractivity contribution in [3.63, 3.8) is 0 Å². The molecule has 0 radical (unpaired) electrons. The number of aromatic nitrogens is 4. The lowest BCUT2D eigenvalue weighted by Crippen LogP contribution is -2.25. The zero-order valence-corrected chi connectivity index (χ0v) is 13.4. The summed E-state index contributed by atoms with van der Waals surface area (Å²) < 4.78 is 1.87. The van der Waals surface area contributed by atoms with Gasteiger partial charge in [0.2, 0.25) is 0 Å². The van der Waals surface area contributed by atoms with Crippen LogP contribution in [0.15, 0.2) is 42.5 Å². The van der Waals surface area contributed by atoms with Gasteiger partial charge in [0.05, 0.1) is 12.6 Å². The molecular weight excluding hydrogens is 302 g/mol. The highest BCUT2D eigenvalue weighted by Gasteiger charge is 2.21. The molecule has 24 heavy (non-hydrogen) atoms. The minimum absolute atomic E-state index is 0.104. The van der Waals surface area contributed by atoms with Gasteiger partial charge >= 0.3 is 0 Å². The van der Waals surface area contributed by atoms with Gasteiger partial charge in [0.15, 0.2) is 5.82 Å². The first-order valence-corrected chi connectivity index (χ1v) is 8.35. The first kappa shape index (κ1) is 14.8. The molecule has 2 aromatic carbocycles. The van der Waals surface area contributed by atoms with E-state index in [1.807, 2.05) is 47.1 Å². The van der Waals surface area contributed by atoms with Gasteiger partial charge in [-0.05, 0) is 40.1 Å². The Morgan fingerprint density at radius 3 is 2.79 bits per heavy atom. The Morgan fingerprint density at radius 2 is 1.92 bits per heavy atom. The van der Waals surface area contributed by atoms with Crippen molar-refractivity contribution in [2.75, 3.05) is 0 Å². The molecule has 0 saturated heterocycles. The summed E-state index contributed by atoms with van der Waals surface area (Å²) >= 11 is 0. The highest BCUT2D eigenvalue weighted by atomic mass is 16.1. The smallest absolute Gasteiger partial charge is 0.252 e. The molecule has 0 spiro atoms. The fourth-order valence-corrected chi connectivity index (χ4v) is 3.44.